The molecule has 0 aliphatic carbocycles. The third-order valence-electron chi connectivity index (χ3n) is 2.20. The summed E-state index contributed by atoms with van der Waals surface area (Å²) in [5.41, 5.74) is 0. The summed E-state index contributed by atoms with van der Waals surface area (Å²) in [4.78, 5) is 10.9. The first-order valence-electron chi connectivity index (χ1n) is 5.26. The second-order valence-electron chi connectivity index (χ2n) is 3.59. The highest BCUT2D eigenvalue weighted by atomic mass is 32.2. The molecule has 7 heteroatoms. The maximum atomic E-state index is 11.7. The number of rotatable bonds is 7. The van der Waals surface area contributed by atoms with Gasteiger partial charge in [-0.05, 0) is 18.6 Å². The Morgan fingerprint density at radius 1 is 1.59 bits per heavy atom. The van der Waals surface area contributed by atoms with Gasteiger partial charge in [0, 0.05) is 0 Å². The van der Waals surface area contributed by atoms with Gasteiger partial charge in [-0.1, -0.05) is 19.8 Å². The van der Waals surface area contributed by atoms with Crippen LogP contribution in [0.5, 0.6) is 0 Å². The molecule has 0 aliphatic heterocycles. The Kier molecular flexibility index (Phi) is 4.71. The molecule has 1 atom stereocenters. The third kappa shape index (κ3) is 3.86. The van der Waals surface area contributed by atoms with Crippen molar-refractivity contribution in [1.82, 2.24) is 4.72 Å². The molecular formula is C10H15NO5S. The molecule has 0 aromatic carbocycles. The average Bonchev–Trinajstić information content (AvgIpc) is 2.77. The van der Waals surface area contributed by atoms with Crippen LogP contribution in [0.25, 0.3) is 0 Å². The van der Waals surface area contributed by atoms with Crippen molar-refractivity contribution in [2.45, 2.75) is 37.3 Å². The number of hydrogen-bond acceptors (Lipinski definition) is 4. The van der Waals surface area contributed by atoms with Crippen LogP contribution in [-0.2, 0) is 14.8 Å². The molecule has 0 saturated heterocycles. The summed E-state index contributed by atoms with van der Waals surface area (Å²) in [6.07, 6.45) is 2.91. The molecule has 2 N–H and O–H groups in total. The van der Waals surface area contributed by atoms with Crippen LogP contribution in [0, 0.1) is 0 Å². The molecule has 1 aromatic rings. The van der Waals surface area contributed by atoms with Crippen molar-refractivity contribution in [3.05, 3.63) is 18.4 Å². The highest BCUT2D eigenvalue weighted by Crippen LogP contribution is 2.11. The lowest BCUT2D eigenvalue weighted by molar-refractivity contribution is -0.139. The Bertz CT molecular complexity index is 451. The Balaban J connectivity index is 2.76. The lowest BCUT2D eigenvalue weighted by atomic mass is 10.1. The normalized spacial score (nSPS) is 13.5. The van der Waals surface area contributed by atoms with E-state index in [-0.39, 0.29) is 11.5 Å². The van der Waals surface area contributed by atoms with Gasteiger partial charge in [0.05, 0.1) is 6.26 Å². The van der Waals surface area contributed by atoms with Crippen molar-refractivity contribution < 1.29 is 22.7 Å². The van der Waals surface area contributed by atoms with Gasteiger partial charge >= 0.3 is 5.97 Å². The number of sulfonamides is 1. The largest absolute Gasteiger partial charge is 0.480 e. The predicted octanol–water partition coefficient (Wildman–Crippen LogP) is 1.20. The maximum Gasteiger partial charge on any atom is 0.321 e. The zero-order valence-electron chi connectivity index (χ0n) is 9.42. The number of aliphatic carboxylic acids is 1. The molecule has 0 radical (unpaired) electrons. The van der Waals surface area contributed by atoms with Crippen LogP contribution in [0.2, 0.25) is 0 Å². The van der Waals surface area contributed by atoms with Gasteiger partial charge in [0.25, 0.3) is 10.0 Å². The van der Waals surface area contributed by atoms with E-state index in [2.05, 4.69) is 4.72 Å². The van der Waals surface area contributed by atoms with Crippen molar-refractivity contribution in [1.29, 1.82) is 0 Å². The number of hydrogen-bond donors (Lipinski definition) is 2. The maximum absolute atomic E-state index is 11.7. The molecule has 1 rings (SSSR count). The minimum Gasteiger partial charge on any atom is -0.480 e. The fourth-order valence-electron chi connectivity index (χ4n) is 1.30. The molecule has 0 spiro atoms. The second-order valence-corrected chi connectivity index (χ2v) is 5.23. The van der Waals surface area contributed by atoms with Gasteiger partial charge in [-0.25, -0.2) is 8.42 Å². The minimum atomic E-state index is -3.89. The van der Waals surface area contributed by atoms with Gasteiger partial charge in [-0.15, -0.1) is 0 Å². The fraction of sp³-hybridized carbons (Fsp3) is 0.500. The average molecular weight is 261 g/mol. The monoisotopic (exact) mass is 261 g/mol. The summed E-state index contributed by atoms with van der Waals surface area (Å²) in [5, 5.41) is 8.63. The van der Waals surface area contributed by atoms with Crippen LogP contribution >= 0.6 is 0 Å². The molecule has 0 unspecified atom stereocenters. The Labute approximate surface area is 99.7 Å². The number of furan rings is 1. The first-order valence-corrected chi connectivity index (χ1v) is 6.74. The van der Waals surface area contributed by atoms with Crippen LogP contribution in [0.4, 0.5) is 0 Å². The topological polar surface area (TPSA) is 96.6 Å². The first kappa shape index (κ1) is 13.7. The molecule has 6 nitrogen and oxygen atoms in total. The lowest BCUT2D eigenvalue weighted by Crippen LogP contribution is -2.40. The molecule has 1 heterocycles. The third-order valence-corrected chi connectivity index (χ3v) is 3.56. The highest BCUT2D eigenvalue weighted by molar-refractivity contribution is 7.89. The molecule has 96 valence electrons. The van der Waals surface area contributed by atoms with E-state index < -0.39 is 22.0 Å². The van der Waals surface area contributed by atoms with E-state index >= 15 is 0 Å². The second kappa shape index (κ2) is 5.83. The van der Waals surface area contributed by atoms with E-state index in [1.54, 1.807) is 0 Å². The van der Waals surface area contributed by atoms with Gasteiger partial charge in [0.1, 0.15) is 6.04 Å². The van der Waals surface area contributed by atoms with Gasteiger partial charge in [0.15, 0.2) is 0 Å². The molecule has 0 fully saturated rings. The van der Waals surface area contributed by atoms with Crippen molar-refractivity contribution >= 4 is 16.0 Å². The predicted molar refractivity (Wildman–Crippen MR) is 60.0 cm³/mol. The Morgan fingerprint density at radius 2 is 2.29 bits per heavy atom. The van der Waals surface area contributed by atoms with E-state index in [1.165, 1.54) is 18.4 Å². The Hall–Kier alpha value is -1.34. The summed E-state index contributed by atoms with van der Waals surface area (Å²) < 4.78 is 30.3. The number of carboxylic acid groups (broad SMARTS) is 1. The standard InChI is InChI=1S/C10H15NO5S/c1-2-3-5-8(10(12)13)11-17(14,15)9-6-4-7-16-9/h4,6-8,11H,2-3,5H2,1H3,(H,12,13)/t8-/m0/s1. The van der Waals surface area contributed by atoms with E-state index in [9.17, 15) is 13.2 Å². The summed E-state index contributed by atoms with van der Waals surface area (Å²) in [6, 6.07) is 1.57. The van der Waals surface area contributed by atoms with Crippen LogP contribution in [0.1, 0.15) is 26.2 Å². The smallest absolute Gasteiger partial charge is 0.321 e. The van der Waals surface area contributed by atoms with Crippen molar-refractivity contribution in [2.75, 3.05) is 0 Å². The molecule has 0 amide bonds. The van der Waals surface area contributed by atoms with Gasteiger partial charge in [-0.3, -0.25) is 4.79 Å². The molecule has 0 aliphatic rings. The minimum absolute atomic E-state index is 0.256. The number of carbonyl (C=O) groups is 1. The van der Waals surface area contributed by atoms with Crippen LogP contribution in [0.15, 0.2) is 27.9 Å². The molecule has 0 saturated carbocycles. The zero-order valence-corrected chi connectivity index (χ0v) is 10.2. The van der Waals surface area contributed by atoms with E-state index in [4.69, 9.17) is 9.52 Å². The number of unbranched alkanes of at least 4 members (excludes halogenated alkanes) is 1. The van der Waals surface area contributed by atoms with Crippen molar-refractivity contribution in [3.63, 3.8) is 0 Å². The van der Waals surface area contributed by atoms with Gasteiger partial charge in [0.2, 0.25) is 5.09 Å². The molecule has 17 heavy (non-hydrogen) atoms. The lowest BCUT2D eigenvalue weighted by Gasteiger charge is -2.12. The zero-order chi connectivity index (χ0) is 12.9. The summed E-state index contributed by atoms with van der Waals surface area (Å²) in [6.45, 7) is 1.90. The van der Waals surface area contributed by atoms with E-state index in [1.807, 2.05) is 6.92 Å². The van der Waals surface area contributed by atoms with Crippen molar-refractivity contribution in [2.24, 2.45) is 0 Å². The van der Waals surface area contributed by atoms with Crippen molar-refractivity contribution in [3.8, 4) is 0 Å². The summed E-state index contributed by atoms with van der Waals surface area (Å²) in [5.74, 6) is -1.19. The van der Waals surface area contributed by atoms with Crippen LogP contribution < -0.4 is 4.72 Å². The SMILES string of the molecule is CCCC[C@H](NS(=O)(=O)c1ccco1)C(=O)O. The van der Waals surface area contributed by atoms with Gasteiger partial charge < -0.3 is 9.52 Å². The quantitative estimate of drug-likeness (QED) is 0.768. The van der Waals surface area contributed by atoms with E-state index in [0.717, 1.165) is 6.42 Å². The van der Waals surface area contributed by atoms with Crippen LogP contribution in [-0.4, -0.2) is 25.5 Å². The van der Waals surface area contributed by atoms with E-state index in [0.29, 0.717) is 6.42 Å². The molecular weight excluding hydrogens is 246 g/mol. The van der Waals surface area contributed by atoms with Crippen LogP contribution in [0.3, 0.4) is 0 Å². The number of nitrogens with one attached hydrogen (secondary N) is 1. The van der Waals surface area contributed by atoms with Gasteiger partial charge in [-0.2, -0.15) is 4.72 Å². The fourth-order valence-corrected chi connectivity index (χ4v) is 2.45. The molecule has 0 bridgehead atoms. The summed E-state index contributed by atoms with van der Waals surface area (Å²) >= 11 is 0. The highest BCUT2D eigenvalue weighted by Gasteiger charge is 2.26. The summed E-state index contributed by atoms with van der Waals surface area (Å²) in [7, 11) is -3.89. The first-order chi connectivity index (χ1) is 7.97. The number of carboxylic acids is 1. The molecule has 1 aromatic heterocycles. The Morgan fingerprint density at radius 3 is 2.76 bits per heavy atom.